The molecule has 0 aliphatic rings. The molecule has 0 aliphatic heterocycles. The van der Waals surface area contributed by atoms with Crippen LogP contribution in [0.4, 0.5) is 8.78 Å². The second kappa shape index (κ2) is 7.04. The zero-order chi connectivity index (χ0) is 16.1. The molecule has 1 atom stereocenters. The number of alkyl halides is 2. The summed E-state index contributed by atoms with van der Waals surface area (Å²) in [6, 6.07) is 9.02. The smallest absolute Gasteiger partial charge is 0.387 e. The lowest BCUT2D eigenvalue weighted by atomic mass is 10.1. The summed E-state index contributed by atoms with van der Waals surface area (Å²) in [5.74, 6) is -0.289. The molecule has 22 heavy (non-hydrogen) atoms. The lowest BCUT2D eigenvalue weighted by Gasteiger charge is -2.13. The molecule has 2 N–H and O–H groups in total. The van der Waals surface area contributed by atoms with Crippen molar-refractivity contribution >= 4 is 5.91 Å². The van der Waals surface area contributed by atoms with Gasteiger partial charge in [0.25, 0.3) is 5.91 Å². The number of rotatable bonds is 6. The van der Waals surface area contributed by atoms with Crippen LogP contribution in [-0.4, -0.2) is 28.7 Å². The van der Waals surface area contributed by atoms with Crippen molar-refractivity contribution in [3.63, 3.8) is 0 Å². The van der Waals surface area contributed by atoms with Gasteiger partial charge in [0.05, 0.1) is 6.10 Å². The Morgan fingerprint density at radius 3 is 2.55 bits per heavy atom. The fourth-order valence-electron chi connectivity index (χ4n) is 1.97. The molecule has 0 saturated carbocycles. The molecule has 0 fully saturated rings. The number of ether oxygens (including phenoxy) is 1. The van der Waals surface area contributed by atoms with Gasteiger partial charge in [-0.15, -0.1) is 0 Å². The zero-order valence-electron chi connectivity index (χ0n) is 11.9. The molecule has 1 heterocycles. The molecular weight excluding hydrogens is 294 g/mol. The maximum atomic E-state index is 12.0. The molecule has 0 bridgehead atoms. The normalized spacial score (nSPS) is 12.2. The Kier molecular flexibility index (Phi) is 5.11. The fourth-order valence-corrected chi connectivity index (χ4v) is 1.97. The topological polar surface area (TPSA) is 63.5 Å². The molecule has 1 unspecified atom stereocenters. The first-order chi connectivity index (χ1) is 10.5. The van der Waals surface area contributed by atoms with E-state index in [4.69, 9.17) is 0 Å². The van der Waals surface area contributed by atoms with E-state index in [0.717, 1.165) is 0 Å². The standard InChI is InChI=1S/C15H16F2N2O3/c1-19-8-2-3-12(19)14(21)18-9-13(20)10-4-6-11(7-5-10)22-15(16)17/h2-8,13,15,20H,9H2,1H3,(H,18,21). The predicted octanol–water partition coefficient (Wildman–Crippen LogP) is 2.09. The molecule has 1 aromatic heterocycles. The van der Waals surface area contributed by atoms with Crippen LogP contribution < -0.4 is 10.1 Å². The summed E-state index contributed by atoms with van der Waals surface area (Å²) in [5.41, 5.74) is 0.974. The third-order valence-corrected chi connectivity index (χ3v) is 3.12. The third kappa shape index (κ3) is 4.05. The molecule has 2 rings (SSSR count). The van der Waals surface area contributed by atoms with E-state index in [9.17, 15) is 18.7 Å². The average Bonchev–Trinajstić information content (AvgIpc) is 2.91. The summed E-state index contributed by atoms with van der Waals surface area (Å²) in [5, 5.41) is 12.6. The molecule has 0 saturated heterocycles. The van der Waals surface area contributed by atoms with Crippen molar-refractivity contribution in [1.82, 2.24) is 9.88 Å². The van der Waals surface area contributed by atoms with E-state index in [-0.39, 0.29) is 18.2 Å². The van der Waals surface area contributed by atoms with Gasteiger partial charge in [-0.1, -0.05) is 12.1 Å². The van der Waals surface area contributed by atoms with Gasteiger partial charge in [-0.05, 0) is 29.8 Å². The minimum atomic E-state index is -2.89. The van der Waals surface area contributed by atoms with E-state index >= 15 is 0 Å². The maximum absolute atomic E-state index is 12.0. The number of aromatic nitrogens is 1. The highest BCUT2D eigenvalue weighted by Crippen LogP contribution is 2.19. The summed E-state index contributed by atoms with van der Waals surface area (Å²) in [4.78, 5) is 11.9. The Bertz CT molecular complexity index is 626. The second-order valence-electron chi connectivity index (χ2n) is 4.68. The number of nitrogens with zero attached hydrogens (tertiary/aromatic N) is 1. The first kappa shape index (κ1) is 16.0. The summed E-state index contributed by atoms with van der Waals surface area (Å²) < 4.78 is 30.0. The van der Waals surface area contributed by atoms with Crippen molar-refractivity contribution in [2.75, 3.05) is 6.54 Å². The fraction of sp³-hybridized carbons (Fsp3) is 0.267. The summed E-state index contributed by atoms with van der Waals surface area (Å²) >= 11 is 0. The Hall–Kier alpha value is -2.41. The third-order valence-electron chi connectivity index (χ3n) is 3.12. The Labute approximate surface area is 126 Å². The molecule has 118 valence electrons. The van der Waals surface area contributed by atoms with E-state index < -0.39 is 12.7 Å². The highest BCUT2D eigenvalue weighted by Gasteiger charge is 2.13. The lowest BCUT2D eigenvalue weighted by molar-refractivity contribution is -0.0498. The van der Waals surface area contributed by atoms with E-state index in [1.807, 2.05) is 0 Å². The van der Waals surface area contributed by atoms with Crippen LogP contribution in [0.3, 0.4) is 0 Å². The van der Waals surface area contributed by atoms with Crippen LogP contribution >= 0.6 is 0 Å². The van der Waals surface area contributed by atoms with Crippen molar-refractivity contribution < 1.29 is 23.4 Å². The SMILES string of the molecule is Cn1cccc1C(=O)NCC(O)c1ccc(OC(F)F)cc1. The number of halogens is 2. The van der Waals surface area contributed by atoms with Gasteiger partial charge in [-0.3, -0.25) is 4.79 Å². The van der Waals surface area contributed by atoms with Crippen molar-refractivity contribution in [2.45, 2.75) is 12.7 Å². The average molecular weight is 310 g/mol. The molecule has 7 heteroatoms. The van der Waals surface area contributed by atoms with Crippen molar-refractivity contribution in [1.29, 1.82) is 0 Å². The number of benzene rings is 1. The number of aliphatic hydroxyl groups is 1. The molecular formula is C15H16F2N2O3. The van der Waals surface area contributed by atoms with Crippen LogP contribution in [0.15, 0.2) is 42.6 Å². The lowest BCUT2D eigenvalue weighted by Crippen LogP contribution is -2.29. The number of carbonyl (C=O) groups is 1. The van der Waals surface area contributed by atoms with Gasteiger partial charge in [0, 0.05) is 19.8 Å². The van der Waals surface area contributed by atoms with Gasteiger partial charge in [0.1, 0.15) is 11.4 Å². The molecule has 2 aromatic rings. The summed E-state index contributed by atoms with van der Waals surface area (Å²) in [6.45, 7) is -2.88. The number of hydrogen-bond donors (Lipinski definition) is 2. The van der Waals surface area contributed by atoms with Crippen molar-refractivity contribution in [3.8, 4) is 5.75 Å². The van der Waals surface area contributed by atoms with Crippen LogP contribution in [0.1, 0.15) is 22.2 Å². The van der Waals surface area contributed by atoms with E-state index in [1.54, 1.807) is 29.9 Å². The van der Waals surface area contributed by atoms with Gasteiger partial charge in [0.2, 0.25) is 0 Å². The number of carbonyl (C=O) groups excluding carboxylic acids is 1. The largest absolute Gasteiger partial charge is 0.435 e. The number of aryl methyl sites for hydroxylation is 1. The summed E-state index contributed by atoms with van der Waals surface area (Å²) in [6.07, 6.45) is 0.803. The van der Waals surface area contributed by atoms with Crippen LogP contribution in [0, 0.1) is 0 Å². The Balaban J connectivity index is 1.90. The highest BCUT2D eigenvalue weighted by molar-refractivity contribution is 5.92. The van der Waals surface area contributed by atoms with Gasteiger partial charge >= 0.3 is 6.61 Å². The quantitative estimate of drug-likeness (QED) is 0.859. The number of amides is 1. The first-order valence-electron chi connectivity index (χ1n) is 6.59. The molecule has 1 aromatic carbocycles. The van der Waals surface area contributed by atoms with Gasteiger partial charge < -0.3 is 19.7 Å². The first-order valence-corrected chi connectivity index (χ1v) is 6.59. The summed E-state index contributed by atoms with van der Waals surface area (Å²) in [7, 11) is 1.74. The van der Waals surface area contributed by atoms with Crippen LogP contribution in [0.25, 0.3) is 0 Å². The molecule has 0 radical (unpaired) electrons. The minimum absolute atomic E-state index is 0.0128. The second-order valence-corrected chi connectivity index (χ2v) is 4.68. The van der Waals surface area contributed by atoms with E-state index in [2.05, 4.69) is 10.1 Å². The van der Waals surface area contributed by atoms with Gasteiger partial charge in [-0.25, -0.2) is 0 Å². The minimum Gasteiger partial charge on any atom is -0.435 e. The van der Waals surface area contributed by atoms with Crippen LogP contribution in [-0.2, 0) is 7.05 Å². The maximum Gasteiger partial charge on any atom is 0.387 e. The highest BCUT2D eigenvalue weighted by atomic mass is 19.3. The molecule has 5 nitrogen and oxygen atoms in total. The predicted molar refractivity (Wildman–Crippen MR) is 75.8 cm³/mol. The molecule has 0 aliphatic carbocycles. The van der Waals surface area contributed by atoms with Gasteiger partial charge in [-0.2, -0.15) is 8.78 Å². The van der Waals surface area contributed by atoms with Crippen molar-refractivity contribution in [2.24, 2.45) is 7.05 Å². The molecule has 1 amide bonds. The van der Waals surface area contributed by atoms with Crippen LogP contribution in [0.2, 0.25) is 0 Å². The van der Waals surface area contributed by atoms with Crippen LogP contribution in [0.5, 0.6) is 5.75 Å². The number of aliphatic hydroxyl groups excluding tert-OH is 1. The number of nitrogens with one attached hydrogen (secondary N) is 1. The Morgan fingerprint density at radius 1 is 1.32 bits per heavy atom. The molecule has 0 spiro atoms. The number of hydrogen-bond acceptors (Lipinski definition) is 3. The Morgan fingerprint density at radius 2 is 2.00 bits per heavy atom. The van der Waals surface area contributed by atoms with E-state index in [0.29, 0.717) is 11.3 Å². The van der Waals surface area contributed by atoms with Gasteiger partial charge in [0.15, 0.2) is 0 Å². The van der Waals surface area contributed by atoms with E-state index in [1.165, 1.54) is 24.3 Å². The van der Waals surface area contributed by atoms with Crippen molar-refractivity contribution in [3.05, 3.63) is 53.9 Å². The monoisotopic (exact) mass is 310 g/mol. The zero-order valence-corrected chi connectivity index (χ0v) is 11.9.